The summed E-state index contributed by atoms with van der Waals surface area (Å²) in [7, 11) is -3.57. The molecule has 0 aliphatic rings. The maximum atomic E-state index is 12.7. The van der Waals surface area contributed by atoms with Crippen molar-refractivity contribution >= 4 is 18.4 Å². The molecule has 0 fully saturated rings. The van der Waals surface area contributed by atoms with Gasteiger partial charge < -0.3 is 4.52 Å². The number of rotatable bonds is 4. The predicted octanol–water partition coefficient (Wildman–Crippen LogP) is 4.23. The summed E-state index contributed by atoms with van der Waals surface area (Å²) in [6, 6.07) is 8.85. The Morgan fingerprint density at radius 3 is 2.26 bits per heavy atom. The Labute approximate surface area is 129 Å². The zero-order chi connectivity index (χ0) is 17.3. The van der Waals surface area contributed by atoms with Crippen molar-refractivity contribution in [2.75, 3.05) is 6.66 Å². The van der Waals surface area contributed by atoms with E-state index in [2.05, 4.69) is 0 Å². The van der Waals surface area contributed by atoms with Gasteiger partial charge in [-0.1, -0.05) is 6.07 Å². The first-order valence-electron chi connectivity index (χ1n) is 6.29. The van der Waals surface area contributed by atoms with Crippen molar-refractivity contribution in [3.63, 3.8) is 0 Å². The van der Waals surface area contributed by atoms with Crippen LogP contribution in [0.4, 0.5) is 18.9 Å². The van der Waals surface area contributed by atoms with Crippen LogP contribution in [0.5, 0.6) is 5.75 Å². The molecule has 122 valence electrons. The second-order valence-corrected chi connectivity index (χ2v) is 7.13. The average Bonchev–Trinajstić information content (AvgIpc) is 2.46. The van der Waals surface area contributed by atoms with Crippen molar-refractivity contribution in [2.45, 2.75) is 6.18 Å². The number of non-ortho nitro benzene ring substituents is 1. The Morgan fingerprint density at radius 1 is 1.13 bits per heavy atom. The molecule has 0 saturated carbocycles. The van der Waals surface area contributed by atoms with E-state index in [9.17, 15) is 27.9 Å². The van der Waals surface area contributed by atoms with Gasteiger partial charge in [0.25, 0.3) is 13.1 Å². The summed E-state index contributed by atoms with van der Waals surface area (Å²) in [6.45, 7) is 1.18. The van der Waals surface area contributed by atoms with E-state index in [0.717, 1.165) is 30.3 Å². The van der Waals surface area contributed by atoms with Crippen molar-refractivity contribution < 1.29 is 27.2 Å². The number of nitro benzene ring substituents is 1. The molecule has 2 rings (SSSR count). The molecule has 0 aromatic heterocycles. The number of halogens is 3. The average molecular weight is 345 g/mol. The van der Waals surface area contributed by atoms with Crippen molar-refractivity contribution in [1.29, 1.82) is 0 Å². The van der Waals surface area contributed by atoms with Gasteiger partial charge in [-0.3, -0.25) is 14.7 Å². The molecule has 2 aromatic carbocycles. The van der Waals surface area contributed by atoms with Crippen LogP contribution in [0, 0.1) is 10.1 Å². The standard InChI is InChI=1S/C14H11F3NO4P/c1-23(21,13-4-2-3-10(9-13)14(15,16)17)22-12-7-5-11(6-8-12)18(19)20/h2-9H,1H3. The molecular weight excluding hydrogens is 334 g/mol. The molecule has 23 heavy (non-hydrogen) atoms. The van der Waals surface area contributed by atoms with Gasteiger partial charge in [-0.15, -0.1) is 0 Å². The molecule has 0 radical (unpaired) electrons. The number of alkyl halides is 3. The molecule has 9 heteroatoms. The summed E-state index contributed by atoms with van der Waals surface area (Å²) in [6.07, 6.45) is -4.55. The number of benzene rings is 2. The first kappa shape index (κ1) is 17.0. The van der Waals surface area contributed by atoms with E-state index in [0.29, 0.717) is 0 Å². The second kappa shape index (κ2) is 6.04. The van der Waals surface area contributed by atoms with Crippen molar-refractivity contribution in [3.05, 3.63) is 64.2 Å². The lowest BCUT2D eigenvalue weighted by Gasteiger charge is -2.17. The summed E-state index contributed by atoms with van der Waals surface area (Å²) < 4.78 is 55.9. The molecule has 0 amide bonds. The third kappa shape index (κ3) is 4.10. The minimum Gasteiger partial charge on any atom is -0.440 e. The Balaban J connectivity index is 2.28. The van der Waals surface area contributed by atoms with Gasteiger partial charge >= 0.3 is 6.18 Å². The van der Waals surface area contributed by atoms with Crippen molar-refractivity contribution in [1.82, 2.24) is 0 Å². The van der Waals surface area contributed by atoms with Crippen LogP contribution in [0.15, 0.2) is 48.5 Å². The highest BCUT2D eigenvalue weighted by Crippen LogP contribution is 2.43. The first-order chi connectivity index (χ1) is 10.6. The van der Waals surface area contributed by atoms with E-state index < -0.39 is 24.0 Å². The minimum atomic E-state index is -4.55. The van der Waals surface area contributed by atoms with Crippen LogP contribution in [0.2, 0.25) is 0 Å². The number of nitrogens with zero attached hydrogens (tertiary/aromatic N) is 1. The Kier molecular flexibility index (Phi) is 4.47. The zero-order valence-electron chi connectivity index (χ0n) is 11.8. The normalized spacial score (nSPS) is 14.1. The summed E-state index contributed by atoms with van der Waals surface area (Å²) in [4.78, 5) is 9.94. The maximum absolute atomic E-state index is 12.7. The highest BCUT2D eigenvalue weighted by atomic mass is 31.2. The number of nitro groups is 1. The number of hydrogen-bond donors (Lipinski definition) is 0. The zero-order valence-corrected chi connectivity index (χ0v) is 12.7. The Hall–Kier alpha value is -2.34. The van der Waals surface area contributed by atoms with E-state index in [1.54, 1.807) is 0 Å². The molecular formula is C14H11F3NO4P. The van der Waals surface area contributed by atoms with E-state index in [4.69, 9.17) is 4.52 Å². The largest absolute Gasteiger partial charge is 0.440 e. The van der Waals surface area contributed by atoms with Gasteiger partial charge in [0.15, 0.2) is 0 Å². The summed E-state index contributed by atoms with van der Waals surface area (Å²) in [5.41, 5.74) is -1.10. The van der Waals surface area contributed by atoms with Crippen LogP contribution < -0.4 is 9.83 Å². The third-order valence-electron chi connectivity index (χ3n) is 2.97. The van der Waals surface area contributed by atoms with Gasteiger partial charge in [-0.05, 0) is 30.3 Å². The molecule has 0 aliphatic carbocycles. The van der Waals surface area contributed by atoms with Crippen molar-refractivity contribution in [3.8, 4) is 5.75 Å². The maximum Gasteiger partial charge on any atom is 0.416 e. The summed E-state index contributed by atoms with van der Waals surface area (Å²) in [5, 5.41) is 10.5. The summed E-state index contributed by atoms with van der Waals surface area (Å²) >= 11 is 0. The topological polar surface area (TPSA) is 69.4 Å². The molecule has 5 nitrogen and oxygen atoms in total. The molecule has 0 aliphatic heterocycles. The SMILES string of the molecule is CP(=O)(Oc1ccc([N+](=O)[O-])cc1)c1cccc(C(F)(F)F)c1. The minimum absolute atomic E-state index is 0.0684. The van der Waals surface area contributed by atoms with Gasteiger partial charge in [0.2, 0.25) is 0 Å². The van der Waals surface area contributed by atoms with Crippen LogP contribution in [-0.2, 0) is 10.7 Å². The lowest BCUT2D eigenvalue weighted by Crippen LogP contribution is -2.13. The fourth-order valence-electron chi connectivity index (χ4n) is 1.82. The van der Waals surface area contributed by atoms with Crippen molar-refractivity contribution in [2.24, 2.45) is 0 Å². The molecule has 0 spiro atoms. The molecule has 1 unspecified atom stereocenters. The van der Waals surface area contributed by atoms with Crippen LogP contribution in [0.25, 0.3) is 0 Å². The molecule has 1 atom stereocenters. The molecule has 0 saturated heterocycles. The van der Waals surface area contributed by atoms with Crippen LogP contribution in [0.3, 0.4) is 0 Å². The van der Waals surface area contributed by atoms with Crippen LogP contribution >= 0.6 is 7.37 Å². The Bertz CT molecular complexity index is 774. The molecule has 0 N–H and O–H groups in total. The molecule has 2 aromatic rings. The smallest absolute Gasteiger partial charge is 0.416 e. The van der Waals surface area contributed by atoms with Crippen LogP contribution in [-0.4, -0.2) is 11.6 Å². The van der Waals surface area contributed by atoms with Gasteiger partial charge in [0.05, 0.1) is 10.5 Å². The quantitative estimate of drug-likeness (QED) is 0.472. The van der Waals surface area contributed by atoms with Gasteiger partial charge in [0, 0.05) is 24.1 Å². The lowest BCUT2D eigenvalue weighted by molar-refractivity contribution is -0.384. The summed E-state index contributed by atoms with van der Waals surface area (Å²) in [5.74, 6) is 0.0684. The van der Waals surface area contributed by atoms with Gasteiger partial charge in [-0.25, -0.2) is 0 Å². The van der Waals surface area contributed by atoms with E-state index in [1.807, 2.05) is 0 Å². The second-order valence-electron chi connectivity index (χ2n) is 4.74. The van der Waals surface area contributed by atoms with E-state index >= 15 is 0 Å². The van der Waals surface area contributed by atoms with Crippen LogP contribution in [0.1, 0.15) is 5.56 Å². The molecule has 0 heterocycles. The van der Waals surface area contributed by atoms with Gasteiger partial charge in [0.1, 0.15) is 5.75 Å². The Morgan fingerprint density at radius 2 is 1.74 bits per heavy atom. The van der Waals surface area contributed by atoms with Gasteiger partial charge in [-0.2, -0.15) is 13.2 Å². The monoisotopic (exact) mass is 345 g/mol. The van der Waals surface area contributed by atoms with E-state index in [-0.39, 0.29) is 16.7 Å². The first-order valence-corrected chi connectivity index (χ1v) is 8.36. The number of hydrogen-bond acceptors (Lipinski definition) is 4. The third-order valence-corrected chi connectivity index (χ3v) is 4.75. The molecule has 0 bridgehead atoms. The fraction of sp³-hybridized carbons (Fsp3) is 0.143. The lowest BCUT2D eigenvalue weighted by atomic mass is 10.2. The predicted molar refractivity (Wildman–Crippen MR) is 78.3 cm³/mol. The fourth-order valence-corrected chi connectivity index (χ4v) is 3.18. The highest BCUT2D eigenvalue weighted by Gasteiger charge is 2.32. The van der Waals surface area contributed by atoms with E-state index in [1.165, 1.54) is 24.9 Å². The highest BCUT2D eigenvalue weighted by molar-refractivity contribution is 7.66.